The van der Waals surface area contributed by atoms with E-state index in [4.69, 9.17) is 9.47 Å². The van der Waals surface area contributed by atoms with E-state index in [0.29, 0.717) is 25.4 Å². The van der Waals surface area contributed by atoms with Crippen LogP contribution in [0.15, 0.2) is 53.4 Å². The van der Waals surface area contributed by atoms with Crippen LogP contribution < -0.4 is 15.4 Å². The van der Waals surface area contributed by atoms with Gasteiger partial charge in [-0.2, -0.15) is 0 Å². The van der Waals surface area contributed by atoms with Gasteiger partial charge in [-0.05, 0) is 36.1 Å². The Morgan fingerprint density at radius 2 is 1.80 bits per heavy atom. The number of para-hydroxylation sites is 1. The lowest BCUT2D eigenvalue weighted by atomic mass is 10.0. The highest BCUT2D eigenvalue weighted by molar-refractivity contribution is 7.98. The summed E-state index contributed by atoms with van der Waals surface area (Å²) in [6, 6.07) is 15.1. The normalized spacial score (nSPS) is 15.3. The molecule has 1 saturated heterocycles. The van der Waals surface area contributed by atoms with E-state index in [9.17, 15) is 9.59 Å². The highest BCUT2D eigenvalue weighted by Gasteiger charge is 2.24. The van der Waals surface area contributed by atoms with Crippen molar-refractivity contribution in [1.29, 1.82) is 0 Å². The van der Waals surface area contributed by atoms with Crippen LogP contribution in [0.25, 0.3) is 0 Å². The van der Waals surface area contributed by atoms with E-state index in [1.807, 2.05) is 48.7 Å². The first-order valence-electron chi connectivity index (χ1n) is 9.80. The van der Waals surface area contributed by atoms with E-state index in [1.54, 1.807) is 13.2 Å². The molecule has 8 heteroatoms. The third-order valence-corrected chi connectivity index (χ3v) is 5.80. The van der Waals surface area contributed by atoms with Crippen molar-refractivity contribution >= 4 is 29.3 Å². The largest absolute Gasteiger partial charge is 0.497 e. The minimum absolute atomic E-state index is 0.0601. The maximum atomic E-state index is 12.5. The monoisotopic (exact) mass is 429 g/mol. The first-order chi connectivity index (χ1) is 14.6. The molecule has 160 valence electrons. The van der Waals surface area contributed by atoms with Crippen LogP contribution in [0.3, 0.4) is 0 Å². The number of nitrogens with one attached hydrogen (secondary N) is 2. The molecule has 1 atom stereocenters. The Morgan fingerprint density at radius 3 is 2.47 bits per heavy atom. The maximum absolute atomic E-state index is 12.5. The SMILES string of the molecule is COc1ccc([C@H](CNC(=O)C(=O)Nc2ccccc2SC)N2CCOCC2)cc1. The molecule has 0 spiro atoms. The molecule has 0 unspecified atom stereocenters. The maximum Gasteiger partial charge on any atom is 0.313 e. The van der Waals surface area contributed by atoms with Crippen molar-refractivity contribution in [3.8, 4) is 5.75 Å². The quantitative estimate of drug-likeness (QED) is 0.520. The number of anilines is 1. The predicted octanol–water partition coefficient (Wildman–Crippen LogP) is 2.55. The molecular weight excluding hydrogens is 402 g/mol. The van der Waals surface area contributed by atoms with Crippen molar-refractivity contribution in [3.05, 3.63) is 54.1 Å². The lowest BCUT2D eigenvalue weighted by molar-refractivity contribution is -0.136. The fraction of sp³-hybridized carbons (Fsp3) is 0.364. The zero-order valence-corrected chi connectivity index (χ0v) is 18.0. The molecule has 1 aliphatic rings. The Morgan fingerprint density at radius 1 is 1.10 bits per heavy atom. The van der Waals surface area contributed by atoms with Gasteiger partial charge in [-0.1, -0.05) is 24.3 Å². The minimum atomic E-state index is -0.674. The number of hydrogen-bond donors (Lipinski definition) is 2. The number of morpholine rings is 1. The summed E-state index contributed by atoms with van der Waals surface area (Å²) in [7, 11) is 1.63. The number of nitrogens with zero attached hydrogens (tertiary/aromatic N) is 1. The van der Waals surface area contributed by atoms with Crippen LogP contribution in [0.5, 0.6) is 5.75 Å². The molecule has 0 aliphatic carbocycles. The number of thioether (sulfide) groups is 1. The molecule has 30 heavy (non-hydrogen) atoms. The summed E-state index contributed by atoms with van der Waals surface area (Å²) >= 11 is 1.51. The van der Waals surface area contributed by atoms with E-state index < -0.39 is 11.8 Å². The van der Waals surface area contributed by atoms with Crippen LogP contribution >= 0.6 is 11.8 Å². The number of amides is 2. The van der Waals surface area contributed by atoms with Crippen molar-refractivity contribution in [1.82, 2.24) is 10.2 Å². The standard InChI is InChI=1S/C22H27N3O4S/c1-28-17-9-7-16(8-10-17)19(25-11-13-29-14-12-25)15-23-21(26)22(27)24-18-5-3-4-6-20(18)30-2/h3-10,19H,11-15H2,1-2H3,(H,23,26)(H,24,27)/t19-/m0/s1. The van der Waals surface area contributed by atoms with Crippen molar-refractivity contribution < 1.29 is 19.1 Å². The highest BCUT2D eigenvalue weighted by Crippen LogP contribution is 2.25. The van der Waals surface area contributed by atoms with Gasteiger partial charge >= 0.3 is 11.8 Å². The third kappa shape index (κ3) is 5.75. The smallest absolute Gasteiger partial charge is 0.313 e. The molecule has 1 fully saturated rings. The van der Waals surface area contributed by atoms with E-state index in [1.165, 1.54) is 11.8 Å². The van der Waals surface area contributed by atoms with E-state index in [-0.39, 0.29) is 6.04 Å². The number of ether oxygens (including phenoxy) is 2. The Labute approximate surface area is 181 Å². The van der Waals surface area contributed by atoms with Gasteiger partial charge in [-0.25, -0.2) is 0 Å². The van der Waals surface area contributed by atoms with Crippen LogP contribution in [0.1, 0.15) is 11.6 Å². The molecule has 3 rings (SSSR count). The molecule has 0 aromatic heterocycles. The van der Waals surface area contributed by atoms with Gasteiger partial charge in [0, 0.05) is 24.5 Å². The lowest BCUT2D eigenvalue weighted by Crippen LogP contribution is -2.45. The summed E-state index contributed by atoms with van der Waals surface area (Å²) in [5.74, 6) is -0.556. The van der Waals surface area contributed by atoms with Crippen molar-refractivity contribution in [2.75, 3.05) is 51.5 Å². The number of carbonyl (C=O) groups is 2. The van der Waals surface area contributed by atoms with E-state index >= 15 is 0 Å². The zero-order valence-electron chi connectivity index (χ0n) is 17.2. The molecule has 2 N–H and O–H groups in total. The summed E-state index contributed by atoms with van der Waals surface area (Å²) in [5, 5.41) is 5.49. The van der Waals surface area contributed by atoms with Crippen LogP contribution in [0.2, 0.25) is 0 Å². The lowest BCUT2D eigenvalue weighted by Gasteiger charge is -2.35. The molecule has 0 bridgehead atoms. The molecule has 2 amide bonds. The van der Waals surface area contributed by atoms with Gasteiger partial charge in [-0.15, -0.1) is 11.8 Å². The van der Waals surface area contributed by atoms with Crippen LogP contribution in [-0.2, 0) is 14.3 Å². The second-order valence-electron chi connectivity index (χ2n) is 6.80. The average Bonchev–Trinajstić information content (AvgIpc) is 2.80. The number of carbonyl (C=O) groups excluding carboxylic acids is 2. The van der Waals surface area contributed by atoms with Crippen molar-refractivity contribution in [2.45, 2.75) is 10.9 Å². The van der Waals surface area contributed by atoms with Gasteiger partial charge in [0.15, 0.2) is 0 Å². The molecule has 1 aliphatic heterocycles. The molecule has 1 heterocycles. The number of benzene rings is 2. The van der Waals surface area contributed by atoms with Gasteiger partial charge in [0.05, 0.1) is 32.1 Å². The summed E-state index contributed by atoms with van der Waals surface area (Å²) in [4.78, 5) is 28.0. The second kappa shape index (κ2) is 11.0. The molecule has 0 saturated carbocycles. The summed E-state index contributed by atoms with van der Waals surface area (Å²) in [6.07, 6.45) is 1.92. The zero-order chi connectivity index (χ0) is 21.3. The second-order valence-corrected chi connectivity index (χ2v) is 7.65. The van der Waals surface area contributed by atoms with Crippen LogP contribution in [-0.4, -0.2) is 62.9 Å². The number of rotatable bonds is 7. The number of methoxy groups -OCH3 is 1. The summed E-state index contributed by atoms with van der Waals surface area (Å²) < 4.78 is 10.7. The first kappa shape index (κ1) is 22.1. The molecule has 2 aromatic rings. The minimum Gasteiger partial charge on any atom is -0.497 e. The number of hydrogen-bond acceptors (Lipinski definition) is 6. The topological polar surface area (TPSA) is 79.9 Å². The van der Waals surface area contributed by atoms with Gasteiger partial charge in [0.2, 0.25) is 0 Å². The average molecular weight is 430 g/mol. The Hall–Kier alpha value is -2.55. The van der Waals surface area contributed by atoms with Gasteiger partial charge in [0.1, 0.15) is 5.75 Å². The van der Waals surface area contributed by atoms with E-state index in [2.05, 4.69) is 15.5 Å². The van der Waals surface area contributed by atoms with Crippen LogP contribution in [0, 0.1) is 0 Å². The molecule has 2 aromatic carbocycles. The van der Waals surface area contributed by atoms with Crippen LogP contribution in [0.4, 0.5) is 5.69 Å². The fourth-order valence-corrected chi connectivity index (χ4v) is 3.92. The van der Waals surface area contributed by atoms with Crippen molar-refractivity contribution in [3.63, 3.8) is 0 Å². The molecular formula is C22H27N3O4S. The van der Waals surface area contributed by atoms with Crippen molar-refractivity contribution in [2.24, 2.45) is 0 Å². The fourth-order valence-electron chi connectivity index (χ4n) is 3.37. The van der Waals surface area contributed by atoms with Gasteiger partial charge in [-0.3, -0.25) is 14.5 Å². The Kier molecular flexibility index (Phi) is 8.12. The van der Waals surface area contributed by atoms with Gasteiger partial charge in [0.25, 0.3) is 0 Å². The molecule has 7 nitrogen and oxygen atoms in total. The summed E-state index contributed by atoms with van der Waals surface area (Å²) in [5.41, 5.74) is 1.68. The van der Waals surface area contributed by atoms with E-state index in [0.717, 1.165) is 29.3 Å². The summed E-state index contributed by atoms with van der Waals surface area (Å²) in [6.45, 7) is 3.14. The molecule has 0 radical (unpaired) electrons. The highest BCUT2D eigenvalue weighted by atomic mass is 32.2. The first-order valence-corrected chi connectivity index (χ1v) is 11.0. The van der Waals surface area contributed by atoms with Gasteiger partial charge < -0.3 is 20.1 Å². The predicted molar refractivity (Wildman–Crippen MR) is 118 cm³/mol. The Balaban J connectivity index is 1.66. The third-order valence-electron chi connectivity index (χ3n) is 5.00. The Bertz CT molecular complexity index is 854.